The quantitative estimate of drug-likeness (QED) is 0.529. The van der Waals surface area contributed by atoms with Gasteiger partial charge in [-0.25, -0.2) is 0 Å². The predicted molar refractivity (Wildman–Crippen MR) is 98.2 cm³/mol. The van der Waals surface area contributed by atoms with Crippen LogP contribution < -0.4 is 0 Å². The first kappa shape index (κ1) is 18.7. The molecule has 0 heterocycles. The van der Waals surface area contributed by atoms with Crippen LogP contribution in [-0.2, 0) is 4.74 Å². The average Bonchev–Trinajstić information content (AvgIpc) is 2.75. The predicted octanol–water partition coefficient (Wildman–Crippen LogP) is 7.02. The van der Waals surface area contributed by atoms with E-state index < -0.39 is 12.0 Å². The molecule has 3 heteroatoms. The van der Waals surface area contributed by atoms with E-state index in [-0.39, 0.29) is 5.92 Å². The molecule has 0 spiro atoms. The van der Waals surface area contributed by atoms with Crippen LogP contribution in [0.5, 0.6) is 0 Å². The third-order valence-electron chi connectivity index (χ3n) is 6.28. The molecule has 1 atom stereocenters. The van der Waals surface area contributed by atoms with E-state index in [4.69, 9.17) is 4.74 Å². The van der Waals surface area contributed by atoms with Gasteiger partial charge in [0.15, 0.2) is 0 Å². The van der Waals surface area contributed by atoms with Crippen molar-refractivity contribution in [2.45, 2.75) is 77.7 Å². The van der Waals surface area contributed by atoms with E-state index in [0.717, 1.165) is 24.3 Å². The Hall–Kier alpha value is -1.12. The molecular formula is C22H32F2O. The molecule has 1 unspecified atom stereocenters. The molecule has 0 amide bonds. The summed E-state index contributed by atoms with van der Waals surface area (Å²) in [5.41, 5.74) is 1.08. The fourth-order valence-corrected chi connectivity index (χ4v) is 4.89. The van der Waals surface area contributed by atoms with Gasteiger partial charge in [-0.15, -0.1) is 0 Å². The summed E-state index contributed by atoms with van der Waals surface area (Å²) in [6.07, 6.45) is 14.0. The van der Waals surface area contributed by atoms with Crippen molar-refractivity contribution in [2.24, 2.45) is 23.7 Å². The molecule has 0 saturated heterocycles. The van der Waals surface area contributed by atoms with Gasteiger partial charge < -0.3 is 4.74 Å². The molecule has 0 bridgehead atoms. The lowest BCUT2D eigenvalue weighted by Crippen LogP contribution is -2.35. The average molecular weight is 350 g/mol. The Labute approximate surface area is 151 Å². The van der Waals surface area contributed by atoms with E-state index in [0.29, 0.717) is 24.5 Å². The fourth-order valence-electron chi connectivity index (χ4n) is 4.89. The molecule has 25 heavy (non-hydrogen) atoms. The molecule has 3 aliphatic rings. The van der Waals surface area contributed by atoms with E-state index >= 15 is 0 Å². The molecule has 2 fully saturated rings. The van der Waals surface area contributed by atoms with Crippen molar-refractivity contribution in [3.05, 3.63) is 35.6 Å². The van der Waals surface area contributed by atoms with Crippen molar-refractivity contribution in [3.63, 3.8) is 0 Å². The van der Waals surface area contributed by atoms with Crippen LogP contribution in [-0.4, -0.2) is 6.11 Å². The zero-order chi connectivity index (χ0) is 17.9. The number of hydrogen-bond donors (Lipinski definition) is 0. The van der Waals surface area contributed by atoms with Crippen LogP contribution in [0.1, 0.15) is 71.6 Å². The molecule has 1 nitrogen and oxygen atoms in total. The molecule has 0 aliphatic heterocycles. The highest BCUT2D eigenvalue weighted by atomic mass is 19.3. The maximum atomic E-state index is 14.7. The summed E-state index contributed by atoms with van der Waals surface area (Å²) in [6.45, 7) is 3.97. The Morgan fingerprint density at radius 2 is 1.52 bits per heavy atom. The van der Waals surface area contributed by atoms with Gasteiger partial charge in [0.2, 0.25) is 0 Å². The summed E-state index contributed by atoms with van der Waals surface area (Å²) in [5, 5.41) is 0. The van der Waals surface area contributed by atoms with Crippen molar-refractivity contribution < 1.29 is 13.5 Å². The fraction of sp³-hybridized carbons (Fsp3) is 0.727. The van der Waals surface area contributed by atoms with Gasteiger partial charge in [0.05, 0.1) is 5.92 Å². The van der Waals surface area contributed by atoms with Crippen LogP contribution in [0.15, 0.2) is 35.6 Å². The maximum absolute atomic E-state index is 14.7. The number of allylic oxidation sites excluding steroid dienone is 5. The Kier molecular flexibility index (Phi) is 6.01. The third-order valence-corrected chi connectivity index (χ3v) is 6.28. The molecule has 0 aromatic rings. The molecular weight excluding hydrogens is 318 g/mol. The van der Waals surface area contributed by atoms with Crippen LogP contribution in [0.25, 0.3) is 0 Å². The first-order valence-electron chi connectivity index (χ1n) is 10.1. The number of hydrogen-bond acceptors (Lipinski definition) is 1. The second-order valence-corrected chi connectivity index (χ2v) is 8.35. The van der Waals surface area contributed by atoms with E-state index in [1.807, 2.05) is 19.9 Å². The van der Waals surface area contributed by atoms with Gasteiger partial charge in [0, 0.05) is 0 Å². The summed E-state index contributed by atoms with van der Waals surface area (Å²) in [5.74, 6) is 1.22. The summed E-state index contributed by atoms with van der Waals surface area (Å²) in [6, 6.07) is 0. The Bertz CT molecular complexity index is 532. The summed E-state index contributed by atoms with van der Waals surface area (Å²) in [7, 11) is 0. The lowest BCUT2D eigenvalue weighted by molar-refractivity contribution is -0.254. The Balaban J connectivity index is 1.55. The molecule has 0 aromatic carbocycles. The highest BCUT2D eigenvalue weighted by Gasteiger charge is 2.45. The van der Waals surface area contributed by atoms with E-state index in [2.05, 4.69) is 6.08 Å². The normalized spacial score (nSPS) is 31.9. The first-order valence-corrected chi connectivity index (χ1v) is 10.1. The second kappa shape index (κ2) is 8.05. The molecule has 3 aliphatic carbocycles. The Morgan fingerprint density at radius 3 is 2.20 bits per heavy atom. The zero-order valence-corrected chi connectivity index (χ0v) is 15.6. The molecule has 140 valence electrons. The maximum Gasteiger partial charge on any atom is 0.400 e. The van der Waals surface area contributed by atoms with Crippen molar-refractivity contribution in [1.82, 2.24) is 0 Å². The molecule has 0 N–H and O–H groups in total. The van der Waals surface area contributed by atoms with E-state index in [1.165, 1.54) is 32.1 Å². The van der Waals surface area contributed by atoms with Crippen LogP contribution in [0.4, 0.5) is 8.78 Å². The van der Waals surface area contributed by atoms with Gasteiger partial charge in [-0.2, -0.15) is 8.78 Å². The minimum Gasteiger partial charge on any atom is -0.433 e. The van der Waals surface area contributed by atoms with Crippen LogP contribution in [0, 0.1) is 23.7 Å². The summed E-state index contributed by atoms with van der Waals surface area (Å²) < 4.78 is 34.6. The van der Waals surface area contributed by atoms with E-state index in [9.17, 15) is 8.78 Å². The number of ether oxygens (including phenoxy) is 1. The zero-order valence-electron chi connectivity index (χ0n) is 15.6. The summed E-state index contributed by atoms with van der Waals surface area (Å²) in [4.78, 5) is 0. The smallest absolute Gasteiger partial charge is 0.400 e. The van der Waals surface area contributed by atoms with Crippen LogP contribution in [0.2, 0.25) is 0 Å². The van der Waals surface area contributed by atoms with Gasteiger partial charge in [-0.1, -0.05) is 56.8 Å². The number of alkyl halides is 2. The minimum absolute atomic E-state index is 0.114. The second-order valence-electron chi connectivity index (χ2n) is 8.35. The minimum atomic E-state index is -3.06. The number of halogens is 2. The molecule has 2 saturated carbocycles. The van der Waals surface area contributed by atoms with Gasteiger partial charge in [0.1, 0.15) is 5.76 Å². The number of rotatable bonds is 4. The largest absolute Gasteiger partial charge is 0.433 e. The van der Waals surface area contributed by atoms with Crippen molar-refractivity contribution in [2.75, 3.05) is 0 Å². The SMILES string of the molecule is CC1=CC(C)C=C(OC(F)(F)C2CCC(C3CCCCC3)CC2)C=C1. The monoisotopic (exact) mass is 350 g/mol. The van der Waals surface area contributed by atoms with Crippen molar-refractivity contribution >= 4 is 0 Å². The first-order chi connectivity index (χ1) is 11.9. The Morgan fingerprint density at radius 1 is 0.880 bits per heavy atom. The highest BCUT2D eigenvalue weighted by Crippen LogP contribution is 2.45. The van der Waals surface area contributed by atoms with Crippen LogP contribution in [0.3, 0.4) is 0 Å². The van der Waals surface area contributed by atoms with Crippen molar-refractivity contribution in [3.8, 4) is 0 Å². The topological polar surface area (TPSA) is 9.23 Å². The van der Waals surface area contributed by atoms with Crippen molar-refractivity contribution in [1.29, 1.82) is 0 Å². The molecule has 0 aromatic heterocycles. The summed E-state index contributed by atoms with van der Waals surface area (Å²) >= 11 is 0. The van der Waals surface area contributed by atoms with Gasteiger partial charge in [0.25, 0.3) is 0 Å². The molecule has 0 radical (unpaired) electrons. The van der Waals surface area contributed by atoms with Gasteiger partial charge in [-0.3, -0.25) is 0 Å². The van der Waals surface area contributed by atoms with Gasteiger partial charge >= 0.3 is 6.11 Å². The van der Waals surface area contributed by atoms with E-state index in [1.54, 1.807) is 12.2 Å². The molecule has 3 rings (SSSR count). The van der Waals surface area contributed by atoms with Crippen LogP contribution >= 0.6 is 0 Å². The lowest BCUT2D eigenvalue weighted by atomic mass is 9.71. The highest BCUT2D eigenvalue weighted by molar-refractivity contribution is 5.29. The third kappa shape index (κ3) is 4.95. The standard InChI is InChI=1S/C22H32F2O/c1-16-8-13-21(15-17(2)14-16)25-22(23,24)20-11-9-19(10-12-20)18-6-4-3-5-7-18/h8,13-15,17-20H,3-7,9-12H2,1-2H3. The lowest BCUT2D eigenvalue weighted by Gasteiger charge is -2.38. The van der Waals surface area contributed by atoms with Gasteiger partial charge in [-0.05, 0) is 62.5 Å².